The van der Waals surface area contributed by atoms with Crippen LogP contribution in [-0.2, 0) is 0 Å². The monoisotopic (exact) mass is 205 g/mol. The second kappa shape index (κ2) is 12.4. The Balaban J connectivity index is 3.53. The first-order valence-electron chi connectivity index (χ1n) is 5.22. The van der Waals surface area contributed by atoms with Crippen LogP contribution in [0.15, 0.2) is 53.8 Å². The van der Waals surface area contributed by atoms with Crippen molar-refractivity contribution in [1.82, 2.24) is 0 Å². The van der Waals surface area contributed by atoms with Gasteiger partial charge in [-0.05, 0) is 18.9 Å². The topological polar surface area (TPSA) is 32.6 Å². The van der Waals surface area contributed by atoms with E-state index in [1.54, 1.807) is 12.2 Å². The molecule has 0 unspecified atom stereocenters. The minimum absolute atomic E-state index is 0.978. The molecule has 0 aromatic carbocycles. The first-order valence-corrected chi connectivity index (χ1v) is 5.22. The fourth-order valence-electron chi connectivity index (χ4n) is 0.897. The SMILES string of the molecule is CCC/C=C/C/C=C/C=C/C=C/C=N/O. The van der Waals surface area contributed by atoms with Gasteiger partial charge in [0.05, 0.1) is 6.21 Å². The van der Waals surface area contributed by atoms with Gasteiger partial charge in [0.2, 0.25) is 0 Å². The molecule has 0 spiro atoms. The van der Waals surface area contributed by atoms with E-state index in [9.17, 15) is 0 Å². The van der Waals surface area contributed by atoms with Crippen molar-refractivity contribution in [3.05, 3.63) is 48.6 Å². The van der Waals surface area contributed by atoms with Crippen LogP contribution in [0.2, 0.25) is 0 Å². The van der Waals surface area contributed by atoms with Crippen molar-refractivity contribution in [2.45, 2.75) is 26.2 Å². The van der Waals surface area contributed by atoms with Gasteiger partial charge in [0.15, 0.2) is 0 Å². The molecular formula is C13H19NO. The van der Waals surface area contributed by atoms with E-state index in [1.807, 2.05) is 18.2 Å². The van der Waals surface area contributed by atoms with Crippen LogP contribution in [0.5, 0.6) is 0 Å². The Morgan fingerprint density at radius 1 is 0.933 bits per heavy atom. The van der Waals surface area contributed by atoms with Gasteiger partial charge in [0.25, 0.3) is 0 Å². The molecule has 0 heterocycles. The third kappa shape index (κ3) is 12.4. The number of rotatable bonds is 7. The molecule has 0 amide bonds. The molecule has 0 saturated carbocycles. The predicted octanol–water partition coefficient (Wildman–Crippen LogP) is 3.86. The van der Waals surface area contributed by atoms with Crippen LogP contribution in [0.25, 0.3) is 0 Å². The summed E-state index contributed by atoms with van der Waals surface area (Å²) in [6, 6.07) is 0. The number of hydrogen-bond acceptors (Lipinski definition) is 2. The van der Waals surface area contributed by atoms with Gasteiger partial charge in [-0.25, -0.2) is 0 Å². The molecule has 15 heavy (non-hydrogen) atoms. The Hall–Kier alpha value is -1.57. The molecule has 0 aliphatic carbocycles. The molecule has 1 N–H and O–H groups in total. The summed E-state index contributed by atoms with van der Waals surface area (Å²) in [5, 5.41) is 10.9. The first kappa shape index (κ1) is 13.4. The Labute approximate surface area is 92.0 Å². The molecule has 82 valence electrons. The maximum Gasteiger partial charge on any atom is 0.0661 e. The number of oxime groups is 1. The lowest BCUT2D eigenvalue weighted by atomic mass is 10.2. The van der Waals surface area contributed by atoms with E-state index in [0.717, 1.165) is 12.8 Å². The van der Waals surface area contributed by atoms with E-state index in [4.69, 9.17) is 5.21 Å². The number of nitrogens with zero attached hydrogens (tertiary/aromatic N) is 1. The molecule has 0 radical (unpaired) electrons. The Bertz CT molecular complexity index is 260. The Morgan fingerprint density at radius 2 is 1.67 bits per heavy atom. The summed E-state index contributed by atoms with van der Waals surface area (Å²) < 4.78 is 0. The van der Waals surface area contributed by atoms with Crippen LogP contribution < -0.4 is 0 Å². The quantitative estimate of drug-likeness (QED) is 0.221. The highest BCUT2D eigenvalue weighted by atomic mass is 16.4. The van der Waals surface area contributed by atoms with Crippen LogP contribution in [0.3, 0.4) is 0 Å². The molecule has 0 saturated heterocycles. The lowest BCUT2D eigenvalue weighted by molar-refractivity contribution is 0.322. The standard InChI is InChI=1S/C13H19NO/c1-2-3-4-5-6-7-8-9-10-11-12-13-14-15/h4-5,7-13,15H,2-3,6H2,1H3/b5-4+,8-7+,10-9+,12-11+,14-13+. The molecule has 0 aromatic rings. The smallest absolute Gasteiger partial charge is 0.0661 e. The van der Waals surface area contributed by atoms with Gasteiger partial charge in [-0.3, -0.25) is 0 Å². The molecule has 0 aliphatic heterocycles. The first-order chi connectivity index (χ1) is 7.41. The largest absolute Gasteiger partial charge is 0.411 e. The summed E-state index contributed by atoms with van der Waals surface area (Å²) in [5.41, 5.74) is 0. The fourth-order valence-corrected chi connectivity index (χ4v) is 0.897. The molecular weight excluding hydrogens is 186 g/mol. The predicted molar refractivity (Wildman–Crippen MR) is 66.4 cm³/mol. The summed E-state index contributed by atoms with van der Waals surface area (Å²) in [6.07, 6.45) is 20.4. The van der Waals surface area contributed by atoms with Crippen molar-refractivity contribution in [3.8, 4) is 0 Å². The Morgan fingerprint density at radius 3 is 2.40 bits per heavy atom. The highest BCUT2D eigenvalue weighted by Crippen LogP contribution is 1.92. The number of hydrogen-bond donors (Lipinski definition) is 1. The van der Waals surface area contributed by atoms with Gasteiger partial charge in [0, 0.05) is 0 Å². The number of allylic oxidation sites excluding steroid dienone is 8. The van der Waals surface area contributed by atoms with Crippen molar-refractivity contribution < 1.29 is 5.21 Å². The molecule has 0 bridgehead atoms. The van der Waals surface area contributed by atoms with E-state index in [1.165, 1.54) is 12.6 Å². The second-order valence-corrected chi connectivity index (χ2v) is 2.96. The van der Waals surface area contributed by atoms with Gasteiger partial charge < -0.3 is 5.21 Å². The summed E-state index contributed by atoms with van der Waals surface area (Å²) in [5.74, 6) is 0. The minimum atomic E-state index is 0.978. The summed E-state index contributed by atoms with van der Waals surface area (Å²) in [7, 11) is 0. The summed E-state index contributed by atoms with van der Waals surface area (Å²) in [6.45, 7) is 2.17. The lowest BCUT2D eigenvalue weighted by Gasteiger charge is -1.82. The van der Waals surface area contributed by atoms with E-state index < -0.39 is 0 Å². The zero-order valence-corrected chi connectivity index (χ0v) is 9.21. The molecule has 0 atom stereocenters. The average molecular weight is 205 g/mol. The van der Waals surface area contributed by atoms with E-state index >= 15 is 0 Å². The minimum Gasteiger partial charge on any atom is -0.411 e. The normalized spacial score (nSPS) is 13.4. The van der Waals surface area contributed by atoms with Crippen molar-refractivity contribution in [3.63, 3.8) is 0 Å². The maximum absolute atomic E-state index is 8.08. The van der Waals surface area contributed by atoms with E-state index in [2.05, 4.69) is 30.3 Å². The second-order valence-electron chi connectivity index (χ2n) is 2.96. The summed E-state index contributed by atoms with van der Waals surface area (Å²) in [4.78, 5) is 0. The molecule has 0 rings (SSSR count). The third-order valence-corrected chi connectivity index (χ3v) is 1.63. The summed E-state index contributed by atoms with van der Waals surface area (Å²) >= 11 is 0. The van der Waals surface area contributed by atoms with Crippen molar-refractivity contribution in [2.24, 2.45) is 5.16 Å². The fraction of sp³-hybridized carbons (Fsp3) is 0.308. The van der Waals surface area contributed by atoms with Gasteiger partial charge in [-0.2, -0.15) is 0 Å². The zero-order valence-electron chi connectivity index (χ0n) is 9.21. The van der Waals surface area contributed by atoms with Crippen molar-refractivity contribution >= 4 is 6.21 Å². The molecule has 0 fully saturated rings. The van der Waals surface area contributed by atoms with Gasteiger partial charge in [-0.15, -0.1) is 0 Å². The lowest BCUT2D eigenvalue weighted by Crippen LogP contribution is -1.62. The van der Waals surface area contributed by atoms with Crippen LogP contribution in [-0.4, -0.2) is 11.4 Å². The van der Waals surface area contributed by atoms with E-state index in [0.29, 0.717) is 0 Å². The van der Waals surface area contributed by atoms with Gasteiger partial charge in [0.1, 0.15) is 0 Å². The van der Waals surface area contributed by atoms with Crippen LogP contribution >= 0.6 is 0 Å². The molecule has 0 aliphatic rings. The van der Waals surface area contributed by atoms with Crippen molar-refractivity contribution in [1.29, 1.82) is 0 Å². The third-order valence-electron chi connectivity index (χ3n) is 1.63. The van der Waals surface area contributed by atoms with E-state index in [-0.39, 0.29) is 0 Å². The van der Waals surface area contributed by atoms with Crippen molar-refractivity contribution in [2.75, 3.05) is 0 Å². The number of unbranched alkanes of at least 4 members (excludes halogenated alkanes) is 1. The van der Waals surface area contributed by atoms with Gasteiger partial charge >= 0.3 is 0 Å². The zero-order chi connectivity index (χ0) is 11.2. The van der Waals surface area contributed by atoms with Gasteiger partial charge in [-0.1, -0.05) is 61.0 Å². The molecule has 2 nitrogen and oxygen atoms in total. The highest BCUT2D eigenvalue weighted by Gasteiger charge is 1.71. The Kier molecular flexibility index (Phi) is 11.1. The highest BCUT2D eigenvalue weighted by molar-refractivity contribution is 5.70. The van der Waals surface area contributed by atoms with Crippen LogP contribution in [0, 0.1) is 0 Å². The molecule has 2 heteroatoms. The maximum atomic E-state index is 8.08. The molecule has 0 aromatic heterocycles. The van der Waals surface area contributed by atoms with Crippen LogP contribution in [0.4, 0.5) is 0 Å². The van der Waals surface area contributed by atoms with Crippen LogP contribution in [0.1, 0.15) is 26.2 Å². The average Bonchev–Trinajstić information content (AvgIpc) is 2.26.